The lowest BCUT2D eigenvalue weighted by Crippen LogP contribution is -2.24. The molecule has 0 unspecified atom stereocenters. The summed E-state index contributed by atoms with van der Waals surface area (Å²) in [6.45, 7) is 0.710. The van der Waals surface area contributed by atoms with Gasteiger partial charge >= 0.3 is 0 Å². The van der Waals surface area contributed by atoms with Crippen LogP contribution in [0.25, 0.3) is 0 Å². The number of rotatable bonds is 6. The Morgan fingerprint density at radius 3 is 2.92 bits per heavy atom. The number of amides is 2. The fourth-order valence-corrected chi connectivity index (χ4v) is 3.50. The Morgan fingerprint density at radius 2 is 2.25 bits per heavy atom. The summed E-state index contributed by atoms with van der Waals surface area (Å²) in [5.74, 6) is 0.676. The number of nitrogens with one attached hydrogen (secondary N) is 1. The van der Waals surface area contributed by atoms with Gasteiger partial charge in [-0.3, -0.25) is 9.59 Å². The molecule has 1 aromatic heterocycles. The maximum atomic E-state index is 12.1. The normalized spacial score (nSPS) is 14.0. The molecule has 3 rings (SSSR count). The highest BCUT2D eigenvalue weighted by Gasteiger charge is 2.24. The van der Waals surface area contributed by atoms with E-state index in [0.29, 0.717) is 30.8 Å². The van der Waals surface area contributed by atoms with Crippen molar-refractivity contribution in [1.29, 1.82) is 0 Å². The zero-order valence-corrected chi connectivity index (χ0v) is 14.4. The van der Waals surface area contributed by atoms with Gasteiger partial charge in [0.1, 0.15) is 5.75 Å². The van der Waals surface area contributed by atoms with Crippen LogP contribution in [0.3, 0.4) is 0 Å². The minimum Gasteiger partial charge on any atom is -0.494 e. The fraction of sp³-hybridized carbons (Fsp3) is 0.333. The molecule has 0 radical (unpaired) electrons. The second-order valence-electron chi connectivity index (χ2n) is 5.72. The molecule has 126 valence electrons. The lowest BCUT2D eigenvalue weighted by atomic mass is 10.2. The maximum absolute atomic E-state index is 12.1. The highest BCUT2D eigenvalue weighted by atomic mass is 32.1. The molecule has 5 nitrogen and oxygen atoms in total. The van der Waals surface area contributed by atoms with E-state index in [9.17, 15) is 9.59 Å². The summed E-state index contributed by atoms with van der Waals surface area (Å²) >= 11 is 1.63. The number of hydrogen-bond donors (Lipinski definition) is 1. The van der Waals surface area contributed by atoms with Crippen molar-refractivity contribution in [1.82, 2.24) is 0 Å². The monoisotopic (exact) mass is 344 g/mol. The molecule has 1 aliphatic heterocycles. The van der Waals surface area contributed by atoms with Gasteiger partial charge in [0.05, 0.1) is 12.8 Å². The van der Waals surface area contributed by atoms with Crippen LogP contribution in [0, 0.1) is 0 Å². The van der Waals surface area contributed by atoms with E-state index in [1.54, 1.807) is 29.4 Å². The summed E-state index contributed by atoms with van der Waals surface area (Å²) in [5, 5.41) is 6.95. The van der Waals surface area contributed by atoms with Crippen molar-refractivity contribution in [3.8, 4) is 5.75 Å². The first-order valence-corrected chi connectivity index (χ1v) is 8.91. The molecule has 0 spiro atoms. The first-order chi connectivity index (χ1) is 11.7. The molecule has 1 N–H and O–H groups in total. The smallest absolute Gasteiger partial charge is 0.227 e. The summed E-state index contributed by atoms with van der Waals surface area (Å²) in [4.78, 5) is 25.7. The fourth-order valence-electron chi connectivity index (χ4n) is 2.80. The molecule has 6 heteroatoms. The summed E-state index contributed by atoms with van der Waals surface area (Å²) in [5.41, 5.74) is 2.62. The van der Waals surface area contributed by atoms with Crippen LogP contribution in [0.1, 0.15) is 24.8 Å². The van der Waals surface area contributed by atoms with Crippen molar-refractivity contribution in [2.24, 2.45) is 0 Å². The molecular formula is C18H20N2O3S. The molecule has 2 aromatic rings. The van der Waals surface area contributed by atoms with Crippen molar-refractivity contribution in [2.75, 3.05) is 23.9 Å². The Kier molecular flexibility index (Phi) is 5.15. The molecule has 0 atom stereocenters. The highest BCUT2D eigenvalue weighted by Crippen LogP contribution is 2.33. The van der Waals surface area contributed by atoms with E-state index < -0.39 is 0 Å². The third-order valence-corrected chi connectivity index (χ3v) is 4.78. The number of carbonyl (C=O) groups is 2. The summed E-state index contributed by atoms with van der Waals surface area (Å²) in [7, 11) is 1.57. The topological polar surface area (TPSA) is 58.6 Å². The molecule has 0 aliphatic carbocycles. The molecular weight excluding hydrogens is 324 g/mol. The van der Waals surface area contributed by atoms with Crippen LogP contribution < -0.4 is 15.0 Å². The summed E-state index contributed by atoms with van der Waals surface area (Å²) < 4.78 is 5.40. The lowest BCUT2D eigenvalue weighted by Gasteiger charge is -2.19. The second-order valence-corrected chi connectivity index (χ2v) is 6.50. The maximum Gasteiger partial charge on any atom is 0.227 e. The van der Waals surface area contributed by atoms with Gasteiger partial charge in [-0.2, -0.15) is 11.3 Å². The van der Waals surface area contributed by atoms with Gasteiger partial charge < -0.3 is 15.0 Å². The number of benzene rings is 1. The number of methoxy groups -OCH3 is 1. The lowest BCUT2D eigenvalue weighted by molar-refractivity contribution is -0.117. The SMILES string of the molecule is COc1cc(NC(=O)CCc2ccsc2)ccc1N1CCCC1=O. The van der Waals surface area contributed by atoms with E-state index in [2.05, 4.69) is 10.7 Å². The largest absolute Gasteiger partial charge is 0.494 e. The Hall–Kier alpha value is -2.34. The molecule has 1 aliphatic rings. The number of thiophene rings is 1. The Balaban J connectivity index is 1.65. The molecule has 1 fully saturated rings. The van der Waals surface area contributed by atoms with Gasteiger partial charge in [-0.05, 0) is 47.4 Å². The Morgan fingerprint density at radius 1 is 1.38 bits per heavy atom. The molecule has 2 heterocycles. The van der Waals surface area contributed by atoms with Crippen molar-refractivity contribution < 1.29 is 14.3 Å². The number of aryl methyl sites for hydroxylation is 1. The summed E-state index contributed by atoms with van der Waals surface area (Å²) in [6.07, 6.45) is 2.60. The third kappa shape index (κ3) is 3.76. The molecule has 0 bridgehead atoms. The van der Waals surface area contributed by atoms with Gasteiger partial charge in [0.2, 0.25) is 11.8 Å². The number of anilines is 2. The number of hydrogen-bond acceptors (Lipinski definition) is 4. The van der Waals surface area contributed by atoms with Gasteiger partial charge in [-0.25, -0.2) is 0 Å². The van der Waals surface area contributed by atoms with Crippen molar-refractivity contribution in [2.45, 2.75) is 25.7 Å². The zero-order chi connectivity index (χ0) is 16.9. The van der Waals surface area contributed by atoms with Crippen LogP contribution in [0.15, 0.2) is 35.0 Å². The molecule has 1 saturated heterocycles. The summed E-state index contributed by atoms with van der Waals surface area (Å²) in [6, 6.07) is 7.44. The van der Waals surface area contributed by atoms with Crippen LogP contribution >= 0.6 is 11.3 Å². The van der Waals surface area contributed by atoms with Crippen LogP contribution in [-0.2, 0) is 16.0 Å². The average Bonchev–Trinajstić information content (AvgIpc) is 3.24. The predicted octanol–water partition coefficient (Wildman–Crippen LogP) is 3.45. The molecule has 24 heavy (non-hydrogen) atoms. The average molecular weight is 344 g/mol. The van der Waals surface area contributed by atoms with Gasteiger partial charge in [0.25, 0.3) is 0 Å². The van der Waals surface area contributed by atoms with E-state index in [4.69, 9.17) is 4.74 Å². The highest BCUT2D eigenvalue weighted by molar-refractivity contribution is 7.07. The molecule has 2 amide bonds. The Bertz CT molecular complexity index is 728. The van der Waals surface area contributed by atoms with E-state index in [0.717, 1.165) is 18.5 Å². The van der Waals surface area contributed by atoms with Crippen LogP contribution in [-0.4, -0.2) is 25.5 Å². The molecule has 0 saturated carbocycles. The van der Waals surface area contributed by atoms with Crippen LogP contribution in [0.2, 0.25) is 0 Å². The number of carbonyl (C=O) groups excluding carboxylic acids is 2. The van der Waals surface area contributed by atoms with Crippen LogP contribution in [0.5, 0.6) is 5.75 Å². The van der Waals surface area contributed by atoms with Gasteiger partial charge in [0, 0.05) is 31.1 Å². The standard InChI is InChI=1S/C18H20N2O3S/c1-23-16-11-14(5-6-15(16)20-9-2-3-18(20)22)19-17(21)7-4-13-8-10-24-12-13/h5-6,8,10-12H,2-4,7,9H2,1H3,(H,19,21). The quantitative estimate of drug-likeness (QED) is 0.873. The van der Waals surface area contributed by atoms with Crippen molar-refractivity contribution >= 4 is 34.5 Å². The number of nitrogens with zero attached hydrogens (tertiary/aromatic N) is 1. The third-order valence-electron chi connectivity index (χ3n) is 4.05. The minimum atomic E-state index is -0.0340. The zero-order valence-electron chi connectivity index (χ0n) is 13.6. The van der Waals surface area contributed by atoms with Gasteiger partial charge in [0.15, 0.2) is 0 Å². The second kappa shape index (κ2) is 7.49. The van der Waals surface area contributed by atoms with Crippen LogP contribution in [0.4, 0.5) is 11.4 Å². The predicted molar refractivity (Wildman–Crippen MR) is 95.9 cm³/mol. The first-order valence-electron chi connectivity index (χ1n) is 7.96. The van der Waals surface area contributed by atoms with Gasteiger partial charge in [-0.15, -0.1) is 0 Å². The molecule has 1 aromatic carbocycles. The van der Waals surface area contributed by atoms with Crippen molar-refractivity contribution in [3.05, 3.63) is 40.6 Å². The van der Waals surface area contributed by atoms with E-state index in [-0.39, 0.29) is 11.8 Å². The van der Waals surface area contributed by atoms with Gasteiger partial charge in [-0.1, -0.05) is 0 Å². The van der Waals surface area contributed by atoms with E-state index in [1.165, 1.54) is 5.56 Å². The van der Waals surface area contributed by atoms with E-state index >= 15 is 0 Å². The number of ether oxygens (including phenoxy) is 1. The van der Waals surface area contributed by atoms with E-state index in [1.807, 2.05) is 23.6 Å². The Labute approximate surface area is 145 Å². The first kappa shape index (κ1) is 16.5. The van der Waals surface area contributed by atoms with Crippen molar-refractivity contribution in [3.63, 3.8) is 0 Å². The minimum absolute atomic E-state index is 0.0340.